The van der Waals surface area contributed by atoms with Crippen molar-refractivity contribution in [3.8, 4) is 0 Å². The lowest BCUT2D eigenvalue weighted by molar-refractivity contribution is 0.101. The predicted octanol–water partition coefficient (Wildman–Crippen LogP) is 2.87. The van der Waals surface area contributed by atoms with Crippen LogP contribution in [0.15, 0.2) is 12.1 Å². The summed E-state index contributed by atoms with van der Waals surface area (Å²) in [6, 6.07) is 2.36. The number of aromatic nitrogens is 2. The Morgan fingerprint density at radius 3 is 2.53 bits per heavy atom. The van der Waals surface area contributed by atoms with E-state index in [1.165, 1.54) is 13.0 Å². The van der Waals surface area contributed by atoms with Crippen LogP contribution in [0.2, 0.25) is 0 Å². The van der Waals surface area contributed by atoms with Crippen LogP contribution in [0.1, 0.15) is 27.3 Å². The van der Waals surface area contributed by atoms with Crippen LogP contribution in [-0.4, -0.2) is 16.1 Å². The fraction of sp³-hybridized carbons (Fsp3) is 0.231. The van der Waals surface area contributed by atoms with E-state index in [0.717, 1.165) is 6.07 Å². The Labute approximate surface area is 108 Å². The molecule has 0 saturated heterocycles. The summed E-state index contributed by atoms with van der Waals surface area (Å²) in [6.45, 7) is 4.86. The van der Waals surface area contributed by atoms with E-state index in [2.05, 4.69) is 15.5 Å². The smallest absolute Gasteiger partial charge is 0.261 e. The molecule has 0 aliphatic rings. The van der Waals surface area contributed by atoms with Crippen LogP contribution in [0.3, 0.4) is 0 Å². The summed E-state index contributed by atoms with van der Waals surface area (Å²) in [7, 11) is 0. The Morgan fingerprint density at radius 1 is 1.26 bits per heavy atom. The maximum atomic E-state index is 13.8. The maximum absolute atomic E-state index is 13.8. The van der Waals surface area contributed by atoms with Gasteiger partial charge in [-0.1, -0.05) is 6.07 Å². The minimum Gasteiger partial charge on any atom is -0.319 e. The fourth-order valence-corrected chi connectivity index (χ4v) is 1.78. The van der Waals surface area contributed by atoms with Crippen LogP contribution in [0.4, 0.5) is 14.5 Å². The quantitative estimate of drug-likeness (QED) is 0.877. The molecule has 100 valence electrons. The first-order valence-corrected chi connectivity index (χ1v) is 5.69. The zero-order valence-corrected chi connectivity index (χ0v) is 10.8. The number of carbonyl (C=O) groups excluding carboxylic acids is 1. The number of aryl methyl sites for hydroxylation is 3. The number of rotatable bonds is 2. The summed E-state index contributed by atoms with van der Waals surface area (Å²) < 4.78 is 27.4. The van der Waals surface area contributed by atoms with Crippen molar-refractivity contribution in [1.82, 2.24) is 10.2 Å². The van der Waals surface area contributed by atoms with Crippen molar-refractivity contribution in [2.75, 3.05) is 5.32 Å². The topological polar surface area (TPSA) is 57.8 Å². The molecule has 0 unspecified atom stereocenters. The molecule has 0 aliphatic carbocycles. The highest BCUT2D eigenvalue weighted by atomic mass is 19.1. The van der Waals surface area contributed by atoms with Crippen molar-refractivity contribution in [1.29, 1.82) is 0 Å². The average molecular weight is 265 g/mol. The number of anilines is 1. The van der Waals surface area contributed by atoms with E-state index in [9.17, 15) is 13.6 Å². The molecule has 1 aromatic heterocycles. The molecule has 0 atom stereocenters. The van der Waals surface area contributed by atoms with E-state index in [1.54, 1.807) is 13.8 Å². The van der Waals surface area contributed by atoms with Gasteiger partial charge in [0.25, 0.3) is 5.91 Å². The Hall–Kier alpha value is -2.24. The van der Waals surface area contributed by atoms with Crippen LogP contribution in [-0.2, 0) is 0 Å². The highest BCUT2D eigenvalue weighted by Gasteiger charge is 2.20. The molecule has 0 bridgehead atoms. The Morgan fingerprint density at radius 2 is 1.95 bits per heavy atom. The van der Waals surface area contributed by atoms with Gasteiger partial charge < -0.3 is 5.32 Å². The summed E-state index contributed by atoms with van der Waals surface area (Å²) in [5.41, 5.74) is 1.25. The van der Waals surface area contributed by atoms with E-state index < -0.39 is 23.1 Å². The number of benzene rings is 1. The second-order valence-electron chi connectivity index (χ2n) is 4.32. The Bertz CT molecular complexity index is 630. The summed E-state index contributed by atoms with van der Waals surface area (Å²) in [5, 5.41) is 9.05. The van der Waals surface area contributed by atoms with Gasteiger partial charge in [-0.25, -0.2) is 8.78 Å². The molecule has 2 rings (SSSR count). The van der Waals surface area contributed by atoms with E-state index in [0.29, 0.717) is 17.1 Å². The molecule has 0 fully saturated rings. The molecule has 4 nitrogen and oxygen atoms in total. The lowest BCUT2D eigenvalue weighted by atomic mass is 10.1. The van der Waals surface area contributed by atoms with Crippen LogP contribution in [0, 0.1) is 32.4 Å². The average Bonchev–Trinajstić information content (AvgIpc) is 2.66. The van der Waals surface area contributed by atoms with Crippen LogP contribution < -0.4 is 5.32 Å². The number of H-pyrrole nitrogens is 1. The predicted molar refractivity (Wildman–Crippen MR) is 67.1 cm³/mol. The molecule has 1 amide bonds. The number of nitrogens with one attached hydrogen (secondary N) is 2. The number of halogens is 2. The van der Waals surface area contributed by atoms with Gasteiger partial charge in [0.1, 0.15) is 17.2 Å². The summed E-state index contributed by atoms with van der Waals surface area (Å²) in [6.07, 6.45) is 0. The molecule has 1 aromatic carbocycles. The van der Waals surface area contributed by atoms with Gasteiger partial charge >= 0.3 is 0 Å². The standard InChI is InChI=1S/C13H13F2N3O/c1-6-4-5-9(14)10(11(6)15)13(19)16-12-7(2)17-18-8(12)3/h4-5H,1-3H3,(H,16,19)(H,17,18). The third kappa shape index (κ3) is 2.33. The van der Waals surface area contributed by atoms with Crippen molar-refractivity contribution in [2.45, 2.75) is 20.8 Å². The van der Waals surface area contributed by atoms with Gasteiger partial charge in [-0.05, 0) is 32.4 Å². The van der Waals surface area contributed by atoms with E-state index in [4.69, 9.17) is 0 Å². The number of amides is 1. The van der Waals surface area contributed by atoms with E-state index >= 15 is 0 Å². The molecule has 2 aromatic rings. The van der Waals surface area contributed by atoms with Gasteiger partial charge in [-0.15, -0.1) is 0 Å². The molecule has 0 saturated carbocycles. The Balaban J connectivity index is 2.39. The van der Waals surface area contributed by atoms with Gasteiger partial charge in [0.2, 0.25) is 0 Å². The minimum atomic E-state index is -0.889. The highest BCUT2D eigenvalue weighted by Crippen LogP contribution is 2.21. The van der Waals surface area contributed by atoms with Crippen LogP contribution >= 0.6 is 0 Å². The number of aromatic amines is 1. The van der Waals surface area contributed by atoms with Crippen LogP contribution in [0.5, 0.6) is 0 Å². The van der Waals surface area contributed by atoms with Gasteiger partial charge in [-0.2, -0.15) is 5.10 Å². The minimum absolute atomic E-state index is 0.215. The zero-order chi connectivity index (χ0) is 14.2. The number of nitrogens with zero attached hydrogens (tertiary/aromatic N) is 1. The van der Waals surface area contributed by atoms with Crippen LogP contribution in [0.25, 0.3) is 0 Å². The zero-order valence-electron chi connectivity index (χ0n) is 10.8. The first-order chi connectivity index (χ1) is 8.91. The molecule has 1 heterocycles. The Kier molecular flexibility index (Phi) is 3.33. The highest BCUT2D eigenvalue weighted by molar-refractivity contribution is 6.05. The van der Waals surface area contributed by atoms with Crippen molar-refractivity contribution >= 4 is 11.6 Å². The van der Waals surface area contributed by atoms with Crippen molar-refractivity contribution in [3.63, 3.8) is 0 Å². The number of hydrogen-bond acceptors (Lipinski definition) is 2. The number of hydrogen-bond donors (Lipinski definition) is 2. The first-order valence-electron chi connectivity index (χ1n) is 5.69. The summed E-state index contributed by atoms with van der Waals surface area (Å²) in [5.74, 6) is -2.57. The lowest BCUT2D eigenvalue weighted by Crippen LogP contribution is -2.17. The SMILES string of the molecule is Cc1ccc(F)c(C(=O)Nc2c(C)n[nH]c2C)c1F. The molecular weight excluding hydrogens is 252 g/mol. The summed E-state index contributed by atoms with van der Waals surface area (Å²) >= 11 is 0. The first kappa shape index (κ1) is 13.2. The molecule has 2 N–H and O–H groups in total. The molecule has 0 aliphatic heterocycles. The second kappa shape index (κ2) is 4.79. The van der Waals surface area contributed by atoms with E-state index in [-0.39, 0.29) is 5.56 Å². The van der Waals surface area contributed by atoms with E-state index in [1.807, 2.05) is 0 Å². The van der Waals surface area contributed by atoms with Gasteiger partial charge in [0.05, 0.1) is 17.1 Å². The monoisotopic (exact) mass is 265 g/mol. The van der Waals surface area contributed by atoms with Gasteiger partial charge in [-0.3, -0.25) is 9.89 Å². The molecule has 6 heteroatoms. The van der Waals surface area contributed by atoms with Gasteiger partial charge in [0.15, 0.2) is 0 Å². The molecule has 0 radical (unpaired) electrons. The molecule has 0 spiro atoms. The molecular formula is C13H13F2N3O. The van der Waals surface area contributed by atoms with Gasteiger partial charge in [0, 0.05) is 0 Å². The maximum Gasteiger partial charge on any atom is 0.261 e. The number of carbonyl (C=O) groups is 1. The summed E-state index contributed by atoms with van der Waals surface area (Å²) in [4.78, 5) is 12.0. The lowest BCUT2D eigenvalue weighted by Gasteiger charge is -2.08. The third-order valence-corrected chi connectivity index (χ3v) is 2.88. The molecule has 19 heavy (non-hydrogen) atoms. The van der Waals surface area contributed by atoms with Crippen molar-refractivity contribution in [3.05, 3.63) is 46.3 Å². The second-order valence-corrected chi connectivity index (χ2v) is 4.32. The fourth-order valence-electron chi connectivity index (χ4n) is 1.78. The van der Waals surface area contributed by atoms with Crippen molar-refractivity contribution in [2.24, 2.45) is 0 Å². The third-order valence-electron chi connectivity index (χ3n) is 2.88. The largest absolute Gasteiger partial charge is 0.319 e. The normalized spacial score (nSPS) is 10.6. The van der Waals surface area contributed by atoms with Crippen molar-refractivity contribution < 1.29 is 13.6 Å².